The number of rotatable bonds is 6. The molecule has 0 spiro atoms. The van der Waals surface area contributed by atoms with Gasteiger partial charge in [-0.25, -0.2) is 0 Å². The van der Waals surface area contributed by atoms with E-state index in [1.165, 1.54) is 5.56 Å². The van der Waals surface area contributed by atoms with Gasteiger partial charge < -0.3 is 5.32 Å². The van der Waals surface area contributed by atoms with Gasteiger partial charge in [0.1, 0.15) is 0 Å². The molecule has 0 radical (unpaired) electrons. The van der Waals surface area contributed by atoms with Crippen LogP contribution in [0.1, 0.15) is 43.1 Å². The lowest BCUT2D eigenvalue weighted by Gasteiger charge is -2.28. The van der Waals surface area contributed by atoms with Crippen LogP contribution in [-0.4, -0.2) is 17.4 Å². The number of nitrogens with one attached hydrogen (secondary N) is 1. The number of hydrogen-bond acceptors (Lipinski definition) is 2. The molecule has 0 aliphatic rings. The van der Waals surface area contributed by atoms with Crippen LogP contribution in [0.15, 0.2) is 60.7 Å². The Morgan fingerprint density at radius 1 is 0.955 bits per heavy atom. The smallest absolute Gasteiger partial charge is 0.179 e. The highest BCUT2D eigenvalue weighted by Crippen LogP contribution is 2.13. The Bertz CT molecular complexity index is 584. The van der Waals surface area contributed by atoms with Crippen molar-refractivity contribution in [2.24, 2.45) is 0 Å². The molecule has 1 N–H and O–H groups in total. The standard InChI is InChI=1S/C20H25NO/c1-20(2,3)21-18(15-14-16-10-6-4-7-11-16)19(22)17-12-8-5-9-13-17/h4-13,18,21H,14-15H2,1-3H3. The first-order chi connectivity index (χ1) is 10.5. The van der Waals surface area contributed by atoms with Crippen LogP contribution in [0.2, 0.25) is 0 Å². The number of Topliss-reactive ketones (excluding diaryl/α,β-unsaturated/α-hetero) is 1. The van der Waals surface area contributed by atoms with Crippen molar-refractivity contribution in [3.05, 3.63) is 71.8 Å². The molecule has 1 atom stereocenters. The molecule has 2 nitrogen and oxygen atoms in total. The molecule has 2 aromatic rings. The van der Waals surface area contributed by atoms with Crippen molar-refractivity contribution in [1.29, 1.82) is 0 Å². The van der Waals surface area contributed by atoms with E-state index in [9.17, 15) is 4.79 Å². The zero-order valence-corrected chi connectivity index (χ0v) is 13.7. The zero-order chi connectivity index (χ0) is 16.0. The number of hydrogen-bond donors (Lipinski definition) is 1. The second-order valence-electron chi connectivity index (χ2n) is 6.70. The third-order valence-corrected chi connectivity index (χ3v) is 3.55. The fourth-order valence-corrected chi connectivity index (χ4v) is 2.55. The molecule has 2 aromatic carbocycles. The predicted molar refractivity (Wildman–Crippen MR) is 92.2 cm³/mol. The highest BCUT2D eigenvalue weighted by molar-refractivity contribution is 6.00. The number of carbonyl (C=O) groups excluding carboxylic acids is 1. The molecule has 0 aliphatic heterocycles. The molecule has 116 valence electrons. The maximum atomic E-state index is 12.8. The summed E-state index contributed by atoms with van der Waals surface area (Å²) in [5.41, 5.74) is 1.95. The summed E-state index contributed by atoms with van der Waals surface area (Å²) in [6, 6.07) is 19.7. The fraction of sp³-hybridized carbons (Fsp3) is 0.350. The minimum atomic E-state index is -0.164. The molecule has 0 heterocycles. The zero-order valence-electron chi connectivity index (χ0n) is 13.7. The molecule has 22 heavy (non-hydrogen) atoms. The fourth-order valence-electron chi connectivity index (χ4n) is 2.55. The number of aryl methyl sites for hydroxylation is 1. The molecule has 1 unspecified atom stereocenters. The summed E-state index contributed by atoms with van der Waals surface area (Å²) in [7, 11) is 0. The summed E-state index contributed by atoms with van der Waals surface area (Å²) in [6.07, 6.45) is 1.70. The van der Waals surface area contributed by atoms with Gasteiger partial charge in [0.25, 0.3) is 0 Å². The second kappa shape index (κ2) is 7.37. The third kappa shape index (κ3) is 5.12. The molecule has 0 amide bonds. The van der Waals surface area contributed by atoms with Crippen molar-refractivity contribution < 1.29 is 4.79 Å². The molecule has 0 saturated carbocycles. The molecule has 0 saturated heterocycles. The van der Waals surface area contributed by atoms with Gasteiger partial charge in [-0.15, -0.1) is 0 Å². The van der Waals surface area contributed by atoms with Crippen LogP contribution in [0.4, 0.5) is 0 Å². The summed E-state index contributed by atoms with van der Waals surface area (Å²) in [5, 5.41) is 3.48. The van der Waals surface area contributed by atoms with Gasteiger partial charge >= 0.3 is 0 Å². The third-order valence-electron chi connectivity index (χ3n) is 3.55. The van der Waals surface area contributed by atoms with Crippen LogP contribution in [-0.2, 0) is 6.42 Å². The van der Waals surface area contributed by atoms with Crippen LogP contribution in [0.5, 0.6) is 0 Å². The lowest BCUT2D eigenvalue weighted by atomic mass is 9.95. The SMILES string of the molecule is CC(C)(C)NC(CCc1ccccc1)C(=O)c1ccccc1. The van der Waals surface area contributed by atoms with Gasteiger partial charge in [-0.3, -0.25) is 4.79 Å². The maximum Gasteiger partial charge on any atom is 0.179 e. The highest BCUT2D eigenvalue weighted by atomic mass is 16.1. The Hall–Kier alpha value is -1.93. The largest absolute Gasteiger partial charge is 0.302 e. The van der Waals surface area contributed by atoms with Gasteiger partial charge in [-0.1, -0.05) is 60.7 Å². The van der Waals surface area contributed by atoms with Crippen molar-refractivity contribution in [2.75, 3.05) is 0 Å². The minimum absolute atomic E-state index is 0.0915. The minimum Gasteiger partial charge on any atom is -0.302 e. The van der Waals surface area contributed by atoms with Gasteiger partial charge in [-0.05, 0) is 39.2 Å². The summed E-state index contributed by atoms with van der Waals surface area (Å²) >= 11 is 0. The Morgan fingerprint density at radius 3 is 2.05 bits per heavy atom. The van der Waals surface area contributed by atoms with Gasteiger partial charge in [0, 0.05) is 11.1 Å². The van der Waals surface area contributed by atoms with Crippen molar-refractivity contribution in [2.45, 2.75) is 45.2 Å². The molecular weight excluding hydrogens is 270 g/mol. The molecule has 2 heteroatoms. The average molecular weight is 295 g/mol. The lowest BCUT2D eigenvalue weighted by Crippen LogP contribution is -2.48. The quantitative estimate of drug-likeness (QED) is 0.807. The summed E-state index contributed by atoms with van der Waals surface area (Å²) < 4.78 is 0. The van der Waals surface area contributed by atoms with Crippen LogP contribution in [0, 0.1) is 0 Å². The highest BCUT2D eigenvalue weighted by Gasteiger charge is 2.24. The second-order valence-corrected chi connectivity index (χ2v) is 6.70. The van der Waals surface area contributed by atoms with Crippen molar-refractivity contribution in [3.8, 4) is 0 Å². The van der Waals surface area contributed by atoms with Crippen LogP contribution >= 0.6 is 0 Å². The van der Waals surface area contributed by atoms with Crippen molar-refractivity contribution in [3.63, 3.8) is 0 Å². The van der Waals surface area contributed by atoms with Crippen molar-refractivity contribution >= 4 is 5.78 Å². The number of benzene rings is 2. The van der Waals surface area contributed by atoms with E-state index < -0.39 is 0 Å². The number of ketones is 1. The van der Waals surface area contributed by atoms with Crippen LogP contribution in [0.25, 0.3) is 0 Å². The Labute approximate surface area is 133 Å². The van der Waals surface area contributed by atoms with Crippen molar-refractivity contribution in [1.82, 2.24) is 5.32 Å². The first-order valence-corrected chi connectivity index (χ1v) is 7.86. The summed E-state index contributed by atoms with van der Waals surface area (Å²) in [5.74, 6) is 0.173. The van der Waals surface area contributed by atoms with Crippen LogP contribution < -0.4 is 5.32 Å². The van der Waals surface area contributed by atoms with Gasteiger partial charge in [0.15, 0.2) is 5.78 Å². The monoisotopic (exact) mass is 295 g/mol. The molecule has 0 aromatic heterocycles. The van der Waals surface area contributed by atoms with E-state index in [-0.39, 0.29) is 17.4 Å². The molecule has 2 rings (SSSR count). The predicted octanol–water partition coefficient (Wildman–Crippen LogP) is 4.26. The Morgan fingerprint density at radius 2 is 1.50 bits per heavy atom. The van der Waals surface area contributed by atoms with E-state index in [4.69, 9.17) is 0 Å². The summed E-state index contributed by atoms with van der Waals surface area (Å²) in [4.78, 5) is 12.8. The topological polar surface area (TPSA) is 29.1 Å². The van der Waals surface area contributed by atoms with E-state index in [2.05, 4.69) is 38.2 Å². The van der Waals surface area contributed by atoms with E-state index in [1.54, 1.807) is 0 Å². The van der Waals surface area contributed by atoms with Gasteiger partial charge in [0.2, 0.25) is 0 Å². The summed E-state index contributed by atoms with van der Waals surface area (Å²) in [6.45, 7) is 6.29. The molecule has 0 fully saturated rings. The average Bonchev–Trinajstić information content (AvgIpc) is 2.51. The molecule has 0 bridgehead atoms. The normalized spacial score (nSPS) is 12.9. The molecule has 0 aliphatic carbocycles. The van der Waals surface area contributed by atoms with E-state index in [0.29, 0.717) is 0 Å². The van der Waals surface area contributed by atoms with E-state index in [1.807, 2.05) is 48.5 Å². The Kier molecular flexibility index (Phi) is 5.51. The van der Waals surface area contributed by atoms with E-state index >= 15 is 0 Å². The maximum absolute atomic E-state index is 12.8. The van der Waals surface area contributed by atoms with E-state index in [0.717, 1.165) is 18.4 Å². The Balaban J connectivity index is 2.10. The number of carbonyl (C=O) groups is 1. The first-order valence-electron chi connectivity index (χ1n) is 7.86. The van der Waals surface area contributed by atoms with Gasteiger partial charge in [0.05, 0.1) is 6.04 Å². The van der Waals surface area contributed by atoms with Crippen LogP contribution in [0.3, 0.4) is 0 Å². The first kappa shape index (κ1) is 16.4. The van der Waals surface area contributed by atoms with Gasteiger partial charge in [-0.2, -0.15) is 0 Å². The lowest BCUT2D eigenvalue weighted by molar-refractivity contribution is 0.0920. The molecular formula is C20H25NO.